The average molecular weight is 244 g/mol. The van der Waals surface area contributed by atoms with E-state index in [9.17, 15) is 0 Å². The molecule has 1 aliphatic heterocycles. The van der Waals surface area contributed by atoms with Gasteiger partial charge in [-0.05, 0) is 32.5 Å². The van der Waals surface area contributed by atoms with E-state index in [1.54, 1.807) is 0 Å². The van der Waals surface area contributed by atoms with E-state index in [2.05, 4.69) is 34.7 Å². The number of aromatic nitrogens is 1. The SMILES string of the molecule is CCN1CCN(c2cc(C#N)cc(C)n2)CC1C. The van der Waals surface area contributed by atoms with Crippen LogP contribution in [0.3, 0.4) is 0 Å². The Morgan fingerprint density at radius 2 is 2.22 bits per heavy atom. The van der Waals surface area contributed by atoms with Crippen molar-refractivity contribution in [2.45, 2.75) is 26.8 Å². The lowest BCUT2D eigenvalue weighted by Crippen LogP contribution is -2.52. The van der Waals surface area contributed by atoms with Crippen molar-refractivity contribution in [3.05, 3.63) is 23.4 Å². The number of nitrogens with zero attached hydrogens (tertiary/aromatic N) is 4. The Bertz CT molecular complexity index is 463. The Morgan fingerprint density at radius 3 is 2.83 bits per heavy atom. The van der Waals surface area contributed by atoms with E-state index < -0.39 is 0 Å². The molecule has 0 radical (unpaired) electrons. The zero-order chi connectivity index (χ0) is 13.1. The Labute approximate surface area is 109 Å². The lowest BCUT2D eigenvalue weighted by molar-refractivity contribution is 0.199. The third kappa shape index (κ3) is 2.62. The van der Waals surface area contributed by atoms with Crippen molar-refractivity contribution in [1.29, 1.82) is 5.26 Å². The molecule has 0 aromatic carbocycles. The molecule has 1 unspecified atom stereocenters. The molecule has 1 aromatic rings. The predicted octanol–water partition coefficient (Wildman–Crippen LogP) is 1.79. The molecule has 0 spiro atoms. The molecular formula is C14H20N4. The van der Waals surface area contributed by atoms with Crippen molar-refractivity contribution in [3.8, 4) is 6.07 Å². The molecule has 0 bridgehead atoms. The van der Waals surface area contributed by atoms with Crippen LogP contribution < -0.4 is 4.90 Å². The zero-order valence-electron chi connectivity index (χ0n) is 11.3. The minimum absolute atomic E-state index is 0.539. The number of piperazine rings is 1. The maximum absolute atomic E-state index is 9.01. The molecule has 18 heavy (non-hydrogen) atoms. The molecule has 4 nitrogen and oxygen atoms in total. The van der Waals surface area contributed by atoms with Crippen LogP contribution in [0.2, 0.25) is 0 Å². The van der Waals surface area contributed by atoms with Crippen molar-refractivity contribution >= 4 is 5.82 Å². The summed E-state index contributed by atoms with van der Waals surface area (Å²) in [6.07, 6.45) is 0. The number of hydrogen-bond acceptors (Lipinski definition) is 4. The smallest absolute Gasteiger partial charge is 0.130 e. The first-order chi connectivity index (χ1) is 8.63. The lowest BCUT2D eigenvalue weighted by Gasteiger charge is -2.40. The van der Waals surface area contributed by atoms with Gasteiger partial charge in [0.05, 0.1) is 11.6 Å². The highest BCUT2D eigenvalue weighted by Gasteiger charge is 2.23. The summed E-state index contributed by atoms with van der Waals surface area (Å²) in [5, 5.41) is 9.01. The van der Waals surface area contributed by atoms with Gasteiger partial charge in [0, 0.05) is 31.4 Å². The van der Waals surface area contributed by atoms with Crippen LogP contribution in [0.5, 0.6) is 0 Å². The first-order valence-corrected chi connectivity index (χ1v) is 6.51. The van der Waals surface area contributed by atoms with Crippen molar-refractivity contribution in [3.63, 3.8) is 0 Å². The van der Waals surface area contributed by atoms with Crippen LogP contribution in [0.1, 0.15) is 25.1 Å². The summed E-state index contributed by atoms with van der Waals surface area (Å²) >= 11 is 0. The number of aryl methyl sites for hydroxylation is 1. The molecule has 1 saturated heterocycles. The summed E-state index contributed by atoms with van der Waals surface area (Å²) < 4.78 is 0. The highest BCUT2D eigenvalue weighted by molar-refractivity contribution is 5.47. The number of pyridine rings is 1. The van der Waals surface area contributed by atoms with E-state index >= 15 is 0 Å². The Morgan fingerprint density at radius 1 is 1.44 bits per heavy atom. The van der Waals surface area contributed by atoms with E-state index in [-0.39, 0.29) is 0 Å². The number of anilines is 1. The largest absolute Gasteiger partial charge is 0.354 e. The molecule has 2 rings (SSSR count). The van der Waals surface area contributed by atoms with E-state index in [0.29, 0.717) is 11.6 Å². The molecule has 0 N–H and O–H groups in total. The van der Waals surface area contributed by atoms with Crippen LogP contribution in [0.4, 0.5) is 5.82 Å². The predicted molar refractivity (Wildman–Crippen MR) is 72.6 cm³/mol. The van der Waals surface area contributed by atoms with Crippen LogP contribution in [0.15, 0.2) is 12.1 Å². The van der Waals surface area contributed by atoms with E-state index in [4.69, 9.17) is 5.26 Å². The highest BCUT2D eigenvalue weighted by Crippen LogP contribution is 2.18. The van der Waals surface area contributed by atoms with Gasteiger partial charge in [-0.1, -0.05) is 6.92 Å². The number of likely N-dealkylation sites (N-methyl/N-ethyl adjacent to an activating group) is 1. The number of rotatable bonds is 2. The fraction of sp³-hybridized carbons (Fsp3) is 0.571. The normalized spacial score (nSPS) is 20.8. The summed E-state index contributed by atoms with van der Waals surface area (Å²) in [6.45, 7) is 10.5. The van der Waals surface area contributed by atoms with Gasteiger partial charge < -0.3 is 4.90 Å². The Balaban J connectivity index is 2.18. The molecule has 1 fully saturated rings. The molecule has 1 atom stereocenters. The second-order valence-electron chi connectivity index (χ2n) is 4.89. The van der Waals surface area contributed by atoms with Gasteiger partial charge in [-0.2, -0.15) is 5.26 Å². The van der Waals surface area contributed by atoms with Crippen molar-refractivity contribution < 1.29 is 0 Å². The van der Waals surface area contributed by atoms with Crippen LogP contribution in [-0.4, -0.2) is 42.1 Å². The fourth-order valence-electron chi connectivity index (χ4n) is 2.55. The third-order valence-electron chi connectivity index (χ3n) is 3.56. The van der Waals surface area contributed by atoms with Gasteiger partial charge in [0.25, 0.3) is 0 Å². The van der Waals surface area contributed by atoms with Gasteiger partial charge in [-0.3, -0.25) is 4.90 Å². The van der Waals surface area contributed by atoms with Gasteiger partial charge in [0.1, 0.15) is 5.82 Å². The van der Waals surface area contributed by atoms with Gasteiger partial charge in [-0.25, -0.2) is 4.98 Å². The summed E-state index contributed by atoms with van der Waals surface area (Å²) in [7, 11) is 0. The van der Waals surface area contributed by atoms with Crippen LogP contribution >= 0.6 is 0 Å². The number of nitriles is 1. The fourth-order valence-corrected chi connectivity index (χ4v) is 2.55. The highest BCUT2D eigenvalue weighted by atomic mass is 15.3. The quantitative estimate of drug-likeness (QED) is 0.795. The summed E-state index contributed by atoms with van der Waals surface area (Å²) in [6, 6.07) is 6.46. The maximum atomic E-state index is 9.01. The van der Waals surface area contributed by atoms with Gasteiger partial charge >= 0.3 is 0 Å². The van der Waals surface area contributed by atoms with Gasteiger partial charge in [-0.15, -0.1) is 0 Å². The minimum Gasteiger partial charge on any atom is -0.354 e. The summed E-state index contributed by atoms with van der Waals surface area (Å²) in [5.41, 5.74) is 1.61. The van der Waals surface area contributed by atoms with Crippen LogP contribution in [0, 0.1) is 18.3 Å². The van der Waals surface area contributed by atoms with Crippen molar-refractivity contribution in [2.75, 3.05) is 31.1 Å². The molecule has 2 heterocycles. The lowest BCUT2D eigenvalue weighted by atomic mass is 10.1. The Kier molecular flexibility index (Phi) is 3.83. The Hall–Kier alpha value is -1.60. The summed E-state index contributed by atoms with van der Waals surface area (Å²) in [5.74, 6) is 0.939. The van der Waals surface area contributed by atoms with E-state index in [1.807, 2.05) is 19.1 Å². The third-order valence-corrected chi connectivity index (χ3v) is 3.56. The van der Waals surface area contributed by atoms with Gasteiger partial charge in [0.2, 0.25) is 0 Å². The molecule has 1 aliphatic rings. The van der Waals surface area contributed by atoms with E-state index in [1.165, 1.54) is 0 Å². The summed E-state index contributed by atoms with van der Waals surface area (Å²) in [4.78, 5) is 9.30. The molecular weight excluding hydrogens is 224 g/mol. The van der Waals surface area contributed by atoms with Gasteiger partial charge in [0.15, 0.2) is 0 Å². The monoisotopic (exact) mass is 244 g/mol. The van der Waals surface area contributed by atoms with Crippen molar-refractivity contribution in [2.24, 2.45) is 0 Å². The molecule has 4 heteroatoms. The second-order valence-corrected chi connectivity index (χ2v) is 4.89. The maximum Gasteiger partial charge on any atom is 0.130 e. The number of hydrogen-bond donors (Lipinski definition) is 0. The van der Waals surface area contributed by atoms with Crippen molar-refractivity contribution in [1.82, 2.24) is 9.88 Å². The zero-order valence-corrected chi connectivity index (χ0v) is 11.3. The molecule has 96 valence electrons. The van der Waals surface area contributed by atoms with Crippen LogP contribution in [0.25, 0.3) is 0 Å². The molecule has 0 amide bonds. The first kappa shape index (κ1) is 12.8. The van der Waals surface area contributed by atoms with E-state index in [0.717, 1.165) is 37.7 Å². The second kappa shape index (κ2) is 5.36. The molecule has 0 aliphatic carbocycles. The average Bonchev–Trinajstić information content (AvgIpc) is 2.37. The van der Waals surface area contributed by atoms with Crippen LogP contribution in [-0.2, 0) is 0 Å². The standard InChI is InChI=1S/C14H20N4/c1-4-17-5-6-18(10-12(17)3)14-8-13(9-15)7-11(2)16-14/h7-8,12H,4-6,10H2,1-3H3. The topological polar surface area (TPSA) is 43.2 Å². The first-order valence-electron chi connectivity index (χ1n) is 6.51. The molecule has 1 aromatic heterocycles. The minimum atomic E-state index is 0.539. The molecule has 0 saturated carbocycles.